The molecule has 122 valence electrons. The molecule has 0 atom stereocenters. The number of carbonyl (C=O) groups excluding carboxylic acids is 1. The third-order valence-electron chi connectivity index (χ3n) is 3.91. The second-order valence-electron chi connectivity index (χ2n) is 5.42. The first-order valence-electron chi connectivity index (χ1n) is 7.51. The highest BCUT2D eigenvalue weighted by Gasteiger charge is 2.23. The van der Waals surface area contributed by atoms with E-state index in [-0.39, 0.29) is 6.10 Å². The molecule has 0 N–H and O–H groups in total. The van der Waals surface area contributed by atoms with Crippen LogP contribution in [0.4, 0.5) is 0 Å². The van der Waals surface area contributed by atoms with Crippen LogP contribution in [-0.2, 0) is 4.74 Å². The number of ether oxygens (including phenoxy) is 2. The fraction of sp³-hybridized carbons (Fsp3) is 0.467. The van der Waals surface area contributed by atoms with E-state index in [4.69, 9.17) is 21.1 Å². The lowest BCUT2D eigenvalue weighted by Gasteiger charge is -2.22. The Kier molecular flexibility index (Phi) is 4.76. The molecule has 1 aromatic carbocycles. The summed E-state index contributed by atoms with van der Waals surface area (Å²) >= 11 is 6.26. The van der Waals surface area contributed by atoms with Crippen molar-refractivity contribution < 1.29 is 14.3 Å². The van der Waals surface area contributed by atoms with Crippen LogP contribution in [0.2, 0.25) is 5.02 Å². The molecule has 1 aliphatic rings. The quantitative estimate of drug-likeness (QED) is 0.799. The van der Waals surface area contributed by atoms with Gasteiger partial charge in [0.2, 0.25) is 0 Å². The van der Waals surface area contributed by atoms with Gasteiger partial charge in [-0.3, -0.25) is 0 Å². The summed E-state index contributed by atoms with van der Waals surface area (Å²) in [6.07, 6.45) is 6.58. The lowest BCUT2D eigenvalue weighted by molar-refractivity contribution is 0.0208. The van der Waals surface area contributed by atoms with Crippen molar-refractivity contribution in [1.29, 1.82) is 0 Å². The van der Waals surface area contributed by atoms with Gasteiger partial charge in [-0.25, -0.2) is 4.79 Å². The summed E-state index contributed by atoms with van der Waals surface area (Å²) in [6.45, 7) is 0. The Morgan fingerprint density at radius 3 is 2.74 bits per heavy atom. The molecule has 0 spiro atoms. The Morgan fingerprint density at radius 2 is 2.09 bits per heavy atom. The normalized spacial score (nSPS) is 15.4. The molecule has 0 bridgehead atoms. The molecule has 23 heavy (non-hydrogen) atoms. The minimum Gasteiger partial charge on any atom is -0.496 e. The zero-order valence-electron chi connectivity index (χ0n) is 12.7. The predicted octanol–water partition coefficient (Wildman–Crippen LogP) is 2.81. The number of esters is 1. The highest BCUT2D eigenvalue weighted by Crippen LogP contribution is 2.31. The van der Waals surface area contributed by atoms with Gasteiger partial charge in [0.05, 0.1) is 17.8 Å². The summed E-state index contributed by atoms with van der Waals surface area (Å²) in [4.78, 5) is 12.4. The van der Waals surface area contributed by atoms with Crippen LogP contribution in [0.3, 0.4) is 0 Å². The van der Waals surface area contributed by atoms with Crippen molar-refractivity contribution >= 4 is 17.6 Å². The Hall–Kier alpha value is -2.15. The van der Waals surface area contributed by atoms with Crippen LogP contribution in [0, 0.1) is 0 Å². The molecule has 1 fully saturated rings. The fourth-order valence-electron chi connectivity index (χ4n) is 2.72. The molecule has 0 aliphatic heterocycles. The molecule has 0 radical (unpaired) electrons. The van der Waals surface area contributed by atoms with Crippen LogP contribution in [-0.4, -0.2) is 39.4 Å². The maximum Gasteiger partial charge on any atom is 0.342 e. The molecule has 1 aliphatic carbocycles. The van der Waals surface area contributed by atoms with Gasteiger partial charge >= 0.3 is 5.97 Å². The van der Waals surface area contributed by atoms with Gasteiger partial charge < -0.3 is 9.47 Å². The Bertz CT molecular complexity index is 684. The average molecular weight is 337 g/mol. The highest BCUT2D eigenvalue weighted by molar-refractivity contribution is 6.32. The molecule has 1 heterocycles. The van der Waals surface area contributed by atoms with Gasteiger partial charge in [-0.1, -0.05) is 18.0 Å². The van der Waals surface area contributed by atoms with E-state index >= 15 is 0 Å². The summed E-state index contributed by atoms with van der Waals surface area (Å²) in [5.41, 5.74) is 0.836. The number of halogens is 1. The van der Waals surface area contributed by atoms with E-state index in [9.17, 15) is 4.79 Å². The van der Waals surface area contributed by atoms with E-state index in [1.807, 2.05) is 0 Å². The van der Waals surface area contributed by atoms with Crippen LogP contribution >= 0.6 is 11.6 Å². The van der Waals surface area contributed by atoms with Crippen LogP contribution < -0.4 is 4.74 Å². The maximum absolute atomic E-state index is 12.4. The molecule has 0 saturated heterocycles. The van der Waals surface area contributed by atoms with E-state index in [0.29, 0.717) is 22.0 Å². The van der Waals surface area contributed by atoms with Crippen molar-refractivity contribution in [3.63, 3.8) is 0 Å². The van der Waals surface area contributed by atoms with E-state index in [1.165, 1.54) is 30.6 Å². The van der Waals surface area contributed by atoms with E-state index in [1.54, 1.807) is 6.07 Å². The van der Waals surface area contributed by atoms with Crippen LogP contribution in [0.5, 0.6) is 5.75 Å². The topological polar surface area (TPSA) is 79.1 Å². The van der Waals surface area contributed by atoms with Gasteiger partial charge in [0.15, 0.2) is 0 Å². The number of rotatable bonds is 4. The summed E-state index contributed by atoms with van der Waals surface area (Å²) in [5.74, 6) is -0.0420. The van der Waals surface area contributed by atoms with Gasteiger partial charge in [0.25, 0.3) is 0 Å². The Balaban J connectivity index is 1.86. The Labute approximate surface area is 138 Å². The first-order chi connectivity index (χ1) is 11.2. The van der Waals surface area contributed by atoms with Gasteiger partial charge in [-0.2, -0.15) is 4.68 Å². The van der Waals surface area contributed by atoms with Crippen molar-refractivity contribution in [2.24, 2.45) is 0 Å². The van der Waals surface area contributed by atoms with Crippen LogP contribution in [0.25, 0.3) is 5.69 Å². The SMILES string of the molecule is COc1cc(-n2cnnn2)c(Cl)cc1C(=O)OC1CCCCC1. The van der Waals surface area contributed by atoms with Crippen molar-refractivity contribution in [2.75, 3.05) is 7.11 Å². The second kappa shape index (κ2) is 6.95. The van der Waals surface area contributed by atoms with E-state index < -0.39 is 5.97 Å². The number of methoxy groups -OCH3 is 1. The molecule has 3 rings (SSSR count). The number of hydrogen-bond donors (Lipinski definition) is 0. The maximum atomic E-state index is 12.4. The third kappa shape index (κ3) is 3.44. The predicted molar refractivity (Wildman–Crippen MR) is 83.0 cm³/mol. The zero-order chi connectivity index (χ0) is 16.2. The molecular weight excluding hydrogens is 320 g/mol. The zero-order valence-corrected chi connectivity index (χ0v) is 13.5. The Morgan fingerprint density at radius 1 is 1.30 bits per heavy atom. The first kappa shape index (κ1) is 15.7. The van der Waals surface area contributed by atoms with Gasteiger partial charge in [-0.05, 0) is 42.2 Å². The molecule has 0 amide bonds. The largest absolute Gasteiger partial charge is 0.496 e. The molecule has 1 aromatic heterocycles. The monoisotopic (exact) mass is 336 g/mol. The summed E-state index contributed by atoms with van der Waals surface area (Å²) in [7, 11) is 1.49. The van der Waals surface area contributed by atoms with E-state index in [0.717, 1.165) is 25.7 Å². The average Bonchev–Trinajstić information content (AvgIpc) is 3.09. The summed E-state index contributed by atoms with van der Waals surface area (Å²) in [5, 5.41) is 11.3. The standard InChI is InChI=1S/C15H17ClN4O3/c1-22-14-8-13(20-9-17-18-19-20)12(16)7-11(14)15(21)23-10-5-3-2-4-6-10/h7-10H,2-6H2,1H3. The number of benzene rings is 1. The van der Waals surface area contributed by atoms with Gasteiger partial charge in [0, 0.05) is 6.07 Å². The summed E-state index contributed by atoms with van der Waals surface area (Å²) < 4.78 is 12.3. The highest BCUT2D eigenvalue weighted by atomic mass is 35.5. The van der Waals surface area contributed by atoms with Crippen molar-refractivity contribution in [3.05, 3.63) is 29.0 Å². The molecule has 0 unspecified atom stereocenters. The van der Waals surface area contributed by atoms with E-state index in [2.05, 4.69) is 15.5 Å². The van der Waals surface area contributed by atoms with Crippen LogP contribution in [0.15, 0.2) is 18.5 Å². The third-order valence-corrected chi connectivity index (χ3v) is 4.21. The number of hydrogen-bond acceptors (Lipinski definition) is 6. The number of nitrogens with zero attached hydrogens (tertiary/aromatic N) is 4. The lowest BCUT2D eigenvalue weighted by Crippen LogP contribution is -2.21. The molecule has 7 nitrogen and oxygen atoms in total. The number of carbonyl (C=O) groups is 1. The minimum absolute atomic E-state index is 0.0288. The van der Waals surface area contributed by atoms with Gasteiger partial charge in [-0.15, -0.1) is 5.10 Å². The second-order valence-corrected chi connectivity index (χ2v) is 5.83. The molecule has 2 aromatic rings. The van der Waals surface area contributed by atoms with Crippen molar-refractivity contribution in [1.82, 2.24) is 20.2 Å². The van der Waals surface area contributed by atoms with Crippen molar-refractivity contribution in [3.8, 4) is 11.4 Å². The van der Waals surface area contributed by atoms with Crippen molar-refractivity contribution in [2.45, 2.75) is 38.2 Å². The molecule has 1 saturated carbocycles. The summed E-state index contributed by atoms with van der Waals surface area (Å²) in [6, 6.07) is 3.15. The van der Waals surface area contributed by atoms with Gasteiger partial charge in [0.1, 0.15) is 23.7 Å². The molecular formula is C15H17ClN4O3. The smallest absolute Gasteiger partial charge is 0.342 e. The van der Waals surface area contributed by atoms with Crippen LogP contribution in [0.1, 0.15) is 42.5 Å². The number of tetrazole rings is 1. The first-order valence-corrected chi connectivity index (χ1v) is 7.88. The lowest BCUT2D eigenvalue weighted by atomic mass is 9.98. The molecule has 8 heteroatoms. The fourth-order valence-corrected chi connectivity index (χ4v) is 2.97. The number of aromatic nitrogens is 4. The minimum atomic E-state index is -0.418.